The highest BCUT2D eigenvalue weighted by molar-refractivity contribution is 5.03. The van der Waals surface area contributed by atoms with Crippen LogP contribution in [-0.2, 0) is 0 Å². The Kier molecular flexibility index (Phi) is 2.50. The Labute approximate surface area is 74.6 Å². The van der Waals surface area contributed by atoms with E-state index in [4.69, 9.17) is 5.11 Å². The van der Waals surface area contributed by atoms with Crippen molar-refractivity contribution in [3.8, 4) is 0 Å². The summed E-state index contributed by atoms with van der Waals surface area (Å²) in [6.45, 7) is 6.40. The topological polar surface area (TPSA) is 40.5 Å². The van der Waals surface area contributed by atoms with E-state index in [2.05, 4.69) is 20.8 Å². The summed E-state index contributed by atoms with van der Waals surface area (Å²) >= 11 is 0. The van der Waals surface area contributed by atoms with Gasteiger partial charge in [0.15, 0.2) is 0 Å². The fourth-order valence-electron chi connectivity index (χ4n) is 2.15. The molecule has 0 aromatic rings. The van der Waals surface area contributed by atoms with Crippen molar-refractivity contribution in [1.29, 1.82) is 0 Å². The molecular formula is C10H20O2. The van der Waals surface area contributed by atoms with Gasteiger partial charge in [-0.3, -0.25) is 0 Å². The van der Waals surface area contributed by atoms with E-state index in [1.165, 1.54) is 0 Å². The Morgan fingerprint density at radius 1 is 1.42 bits per heavy atom. The van der Waals surface area contributed by atoms with Crippen LogP contribution in [0.25, 0.3) is 0 Å². The molecule has 2 heteroatoms. The van der Waals surface area contributed by atoms with Crippen LogP contribution in [0.2, 0.25) is 0 Å². The van der Waals surface area contributed by atoms with E-state index < -0.39 is 5.60 Å². The Morgan fingerprint density at radius 3 is 2.25 bits per heavy atom. The standard InChI is InChI=1S/C10H20O2/c1-9(2,3)10(12)6-4-8(10)5-7-11/h8,11-12H,4-7H2,1-3H3. The Bertz CT molecular complexity index is 160. The molecule has 0 radical (unpaired) electrons. The van der Waals surface area contributed by atoms with Crippen LogP contribution in [0.5, 0.6) is 0 Å². The highest BCUT2D eigenvalue weighted by Gasteiger charge is 2.52. The molecule has 1 rings (SSSR count). The number of aliphatic hydroxyl groups excluding tert-OH is 1. The number of hydrogen-bond acceptors (Lipinski definition) is 2. The highest BCUT2D eigenvalue weighted by Crippen LogP contribution is 2.51. The molecule has 12 heavy (non-hydrogen) atoms. The summed E-state index contributed by atoms with van der Waals surface area (Å²) in [5.41, 5.74) is -0.583. The van der Waals surface area contributed by atoms with E-state index in [0.717, 1.165) is 19.3 Å². The summed E-state index contributed by atoms with van der Waals surface area (Å²) in [5, 5.41) is 19.0. The maximum absolute atomic E-state index is 10.2. The molecule has 2 nitrogen and oxygen atoms in total. The fourth-order valence-corrected chi connectivity index (χ4v) is 2.15. The zero-order valence-electron chi connectivity index (χ0n) is 8.30. The molecule has 0 spiro atoms. The number of aliphatic hydroxyl groups is 2. The minimum atomic E-state index is -0.532. The first-order chi connectivity index (χ1) is 5.42. The third-order valence-electron chi connectivity index (χ3n) is 3.33. The van der Waals surface area contributed by atoms with E-state index in [-0.39, 0.29) is 12.0 Å². The van der Waals surface area contributed by atoms with Gasteiger partial charge >= 0.3 is 0 Å². The van der Waals surface area contributed by atoms with Gasteiger partial charge in [-0.15, -0.1) is 0 Å². The fraction of sp³-hybridized carbons (Fsp3) is 1.00. The third kappa shape index (κ3) is 1.38. The summed E-state index contributed by atoms with van der Waals surface area (Å²) in [7, 11) is 0. The maximum Gasteiger partial charge on any atom is 0.0724 e. The molecule has 0 bridgehead atoms. The van der Waals surface area contributed by atoms with Gasteiger partial charge in [0.25, 0.3) is 0 Å². The van der Waals surface area contributed by atoms with Crippen molar-refractivity contribution in [2.45, 2.75) is 45.6 Å². The molecule has 0 aromatic heterocycles. The first-order valence-corrected chi connectivity index (χ1v) is 4.75. The molecule has 1 fully saturated rings. The molecule has 1 aliphatic carbocycles. The quantitative estimate of drug-likeness (QED) is 0.663. The normalized spacial score (nSPS) is 36.2. The van der Waals surface area contributed by atoms with Crippen LogP contribution in [0.4, 0.5) is 0 Å². The van der Waals surface area contributed by atoms with Crippen LogP contribution in [0.3, 0.4) is 0 Å². The van der Waals surface area contributed by atoms with Crippen LogP contribution < -0.4 is 0 Å². The summed E-state index contributed by atoms with van der Waals surface area (Å²) < 4.78 is 0. The zero-order chi connectivity index (χ0) is 9.41. The van der Waals surface area contributed by atoms with Gasteiger partial charge < -0.3 is 10.2 Å². The molecule has 0 saturated heterocycles. The van der Waals surface area contributed by atoms with E-state index >= 15 is 0 Å². The monoisotopic (exact) mass is 172 g/mol. The first-order valence-electron chi connectivity index (χ1n) is 4.75. The van der Waals surface area contributed by atoms with Crippen molar-refractivity contribution in [2.24, 2.45) is 11.3 Å². The van der Waals surface area contributed by atoms with Gasteiger partial charge in [-0.1, -0.05) is 20.8 Å². The number of rotatable bonds is 2. The molecule has 2 atom stereocenters. The molecule has 0 heterocycles. The summed E-state index contributed by atoms with van der Waals surface area (Å²) in [5.74, 6) is 0.308. The number of hydrogen-bond donors (Lipinski definition) is 2. The van der Waals surface area contributed by atoms with Crippen molar-refractivity contribution >= 4 is 0 Å². The second-order valence-corrected chi connectivity index (χ2v) is 4.92. The zero-order valence-corrected chi connectivity index (χ0v) is 8.30. The average Bonchev–Trinajstić information content (AvgIpc) is 1.94. The van der Waals surface area contributed by atoms with Gasteiger partial charge in [0.1, 0.15) is 0 Å². The van der Waals surface area contributed by atoms with Gasteiger partial charge in [-0.2, -0.15) is 0 Å². The Balaban J connectivity index is 2.61. The first kappa shape index (κ1) is 10.0. The van der Waals surface area contributed by atoms with E-state index in [0.29, 0.717) is 5.92 Å². The molecule has 72 valence electrons. The van der Waals surface area contributed by atoms with E-state index in [1.54, 1.807) is 0 Å². The van der Waals surface area contributed by atoms with Gasteiger partial charge in [0, 0.05) is 6.61 Å². The summed E-state index contributed by atoms with van der Waals surface area (Å²) in [6, 6.07) is 0. The van der Waals surface area contributed by atoms with Crippen LogP contribution >= 0.6 is 0 Å². The van der Waals surface area contributed by atoms with Crippen molar-refractivity contribution in [3.63, 3.8) is 0 Å². The lowest BCUT2D eigenvalue weighted by molar-refractivity contribution is -0.171. The minimum Gasteiger partial charge on any atom is -0.396 e. The van der Waals surface area contributed by atoms with Crippen molar-refractivity contribution in [3.05, 3.63) is 0 Å². The van der Waals surface area contributed by atoms with Gasteiger partial charge in [-0.05, 0) is 30.6 Å². The van der Waals surface area contributed by atoms with Crippen LogP contribution in [0.15, 0.2) is 0 Å². The van der Waals surface area contributed by atoms with Crippen LogP contribution in [0, 0.1) is 11.3 Å². The average molecular weight is 172 g/mol. The Morgan fingerprint density at radius 2 is 2.00 bits per heavy atom. The Hall–Kier alpha value is -0.0800. The van der Waals surface area contributed by atoms with Gasteiger partial charge in [0.05, 0.1) is 5.60 Å². The minimum absolute atomic E-state index is 0.0505. The summed E-state index contributed by atoms with van der Waals surface area (Å²) in [6.07, 6.45) is 2.70. The predicted octanol–water partition coefficient (Wildman–Crippen LogP) is 1.56. The lowest BCUT2D eigenvalue weighted by atomic mass is 9.56. The third-order valence-corrected chi connectivity index (χ3v) is 3.33. The lowest BCUT2D eigenvalue weighted by Gasteiger charge is -2.53. The molecule has 0 amide bonds. The molecule has 0 aliphatic heterocycles. The van der Waals surface area contributed by atoms with Crippen LogP contribution in [-0.4, -0.2) is 22.4 Å². The largest absolute Gasteiger partial charge is 0.396 e. The lowest BCUT2D eigenvalue weighted by Crippen LogP contribution is -2.56. The van der Waals surface area contributed by atoms with Gasteiger partial charge in [-0.25, -0.2) is 0 Å². The summed E-state index contributed by atoms with van der Waals surface area (Å²) in [4.78, 5) is 0. The second kappa shape index (κ2) is 3.00. The molecule has 1 aliphatic rings. The highest BCUT2D eigenvalue weighted by atomic mass is 16.3. The van der Waals surface area contributed by atoms with E-state index in [1.807, 2.05) is 0 Å². The molecule has 0 aromatic carbocycles. The molecule has 2 unspecified atom stereocenters. The smallest absolute Gasteiger partial charge is 0.0724 e. The maximum atomic E-state index is 10.2. The SMILES string of the molecule is CC(C)(C)C1(O)CCC1CCO. The van der Waals surface area contributed by atoms with Crippen molar-refractivity contribution < 1.29 is 10.2 Å². The van der Waals surface area contributed by atoms with Gasteiger partial charge in [0.2, 0.25) is 0 Å². The molecule has 2 N–H and O–H groups in total. The second-order valence-electron chi connectivity index (χ2n) is 4.92. The van der Waals surface area contributed by atoms with E-state index in [9.17, 15) is 5.11 Å². The molecule has 1 saturated carbocycles. The van der Waals surface area contributed by atoms with Crippen molar-refractivity contribution in [2.75, 3.05) is 6.61 Å². The molecular weight excluding hydrogens is 152 g/mol. The predicted molar refractivity (Wildman–Crippen MR) is 48.8 cm³/mol. The van der Waals surface area contributed by atoms with Crippen molar-refractivity contribution in [1.82, 2.24) is 0 Å². The van der Waals surface area contributed by atoms with Crippen LogP contribution in [0.1, 0.15) is 40.0 Å².